The summed E-state index contributed by atoms with van der Waals surface area (Å²) >= 11 is 21.2. The maximum atomic E-state index is 12.3. The fourth-order valence-corrected chi connectivity index (χ4v) is 4.99. The van der Waals surface area contributed by atoms with Gasteiger partial charge in [-0.3, -0.25) is 4.79 Å². The molecule has 0 saturated carbocycles. The van der Waals surface area contributed by atoms with Crippen molar-refractivity contribution in [2.45, 2.75) is 16.5 Å². The third kappa shape index (κ3) is 5.78. The number of nitrogens with zero attached hydrogens (tertiary/aromatic N) is 1. The van der Waals surface area contributed by atoms with Crippen molar-refractivity contribution < 1.29 is 9.53 Å². The number of halogens is 3. The van der Waals surface area contributed by atoms with E-state index in [-0.39, 0.29) is 12.3 Å². The standard InChI is InChI=1S/C19H15Cl3N2O2S2/c1-26-17-5-4-13(7-16(17)22)23-18(25)8-14-10-28-19(24-14)27-9-11-2-3-12(20)6-15(11)21/h2-7,10H,8-9H2,1H3,(H,23,25). The fraction of sp³-hybridized carbons (Fsp3) is 0.158. The first kappa shape index (κ1) is 21.3. The number of methoxy groups -OCH3 is 1. The number of thiazole rings is 1. The van der Waals surface area contributed by atoms with Gasteiger partial charge in [-0.15, -0.1) is 11.3 Å². The van der Waals surface area contributed by atoms with E-state index < -0.39 is 0 Å². The number of hydrogen-bond acceptors (Lipinski definition) is 5. The average Bonchev–Trinajstić information content (AvgIpc) is 3.08. The van der Waals surface area contributed by atoms with Crippen LogP contribution in [0.4, 0.5) is 5.69 Å². The van der Waals surface area contributed by atoms with Crippen molar-refractivity contribution in [1.29, 1.82) is 0 Å². The Balaban J connectivity index is 1.55. The molecule has 0 aliphatic heterocycles. The molecule has 1 amide bonds. The molecule has 3 aromatic rings. The minimum Gasteiger partial charge on any atom is -0.495 e. The molecule has 146 valence electrons. The molecule has 0 fully saturated rings. The van der Waals surface area contributed by atoms with Gasteiger partial charge in [0, 0.05) is 26.9 Å². The van der Waals surface area contributed by atoms with E-state index in [0.717, 1.165) is 9.90 Å². The number of anilines is 1. The molecule has 9 heteroatoms. The summed E-state index contributed by atoms with van der Waals surface area (Å²) in [4.78, 5) is 16.8. The van der Waals surface area contributed by atoms with Crippen LogP contribution in [0.25, 0.3) is 0 Å². The van der Waals surface area contributed by atoms with E-state index >= 15 is 0 Å². The van der Waals surface area contributed by atoms with E-state index in [0.29, 0.717) is 38.0 Å². The van der Waals surface area contributed by atoms with Gasteiger partial charge in [0.2, 0.25) is 5.91 Å². The Labute approximate surface area is 186 Å². The van der Waals surface area contributed by atoms with Crippen molar-refractivity contribution in [2.24, 2.45) is 0 Å². The van der Waals surface area contributed by atoms with Crippen molar-refractivity contribution in [2.75, 3.05) is 12.4 Å². The Kier molecular flexibility index (Phi) is 7.48. The zero-order valence-electron chi connectivity index (χ0n) is 14.7. The van der Waals surface area contributed by atoms with Gasteiger partial charge in [-0.2, -0.15) is 0 Å². The maximum Gasteiger partial charge on any atom is 0.230 e. The molecule has 0 aliphatic carbocycles. The van der Waals surface area contributed by atoms with Gasteiger partial charge in [0.15, 0.2) is 0 Å². The van der Waals surface area contributed by atoms with Gasteiger partial charge in [0.05, 0.1) is 24.2 Å². The lowest BCUT2D eigenvalue weighted by Gasteiger charge is -2.07. The molecule has 1 heterocycles. The van der Waals surface area contributed by atoms with E-state index in [1.807, 2.05) is 17.5 Å². The minimum atomic E-state index is -0.163. The molecule has 0 aliphatic rings. The van der Waals surface area contributed by atoms with Crippen molar-refractivity contribution in [3.05, 3.63) is 68.1 Å². The molecule has 0 atom stereocenters. The van der Waals surface area contributed by atoms with Crippen LogP contribution in [0.3, 0.4) is 0 Å². The Hall–Kier alpha value is -1.44. The number of amides is 1. The van der Waals surface area contributed by atoms with E-state index in [4.69, 9.17) is 39.5 Å². The first-order valence-corrected chi connectivity index (χ1v) is 11.1. The largest absolute Gasteiger partial charge is 0.495 e. The predicted molar refractivity (Wildman–Crippen MR) is 118 cm³/mol. The molecule has 1 N–H and O–H groups in total. The van der Waals surface area contributed by atoms with E-state index in [2.05, 4.69) is 10.3 Å². The number of nitrogens with one attached hydrogen (secondary N) is 1. The molecule has 1 aromatic heterocycles. The summed E-state index contributed by atoms with van der Waals surface area (Å²) in [5.74, 6) is 1.07. The molecule has 0 bridgehead atoms. The highest BCUT2D eigenvalue weighted by Gasteiger charge is 2.11. The Bertz CT molecular complexity index is 995. The van der Waals surface area contributed by atoms with Crippen molar-refractivity contribution in [3.63, 3.8) is 0 Å². The van der Waals surface area contributed by atoms with Crippen molar-refractivity contribution in [1.82, 2.24) is 4.98 Å². The second-order valence-corrected chi connectivity index (χ2v) is 9.03. The maximum absolute atomic E-state index is 12.3. The van der Waals surface area contributed by atoms with Crippen LogP contribution in [0.1, 0.15) is 11.3 Å². The summed E-state index contributed by atoms with van der Waals surface area (Å²) < 4.78 is 5.98. The van der Waals surface area contributed by atoms with Crippen LogP contribution in [-0.4, -0.2) is 18.0 Å². The summed E-state index contributed by atoms with van der Waals surface area (Å²) in [6, 6.07) is 10.5. The molecule has 0 spiro atoms. The summed E-state index contributed by atoms with van der Waals surface area (Å²) in [6.45, 7) is 0. The van der Waals surface area contributed by atoms with E-state index in [9.17, 15) is 4.79 Å². The van der Waals surface area contributed by atoms with E-state index in [1.54, 1.807) is 36.0 Å². The zero-order chi connectivity index (χ0) is 20.1. The quantitative estimate of drug-likeness (QED) is 0.393. The highest BCUT2D eigenvalue weighted by atomic mass is 35.5. The topological polar surface area (TPSA) is 51.2 Å². The Morgan fingerprint density at radius 2 is 2.00 bits per heavy atom. The number of thioether (sulfide) groups is 1. The molecule has 0 unspecified atom stereocenters. The molecule has 0 saturated heterocycles. The summed E-state index contributed by atoms with van der Waals surface area (Å²) in [6.07, 6.45) is 0.183. The van der Waals surface area contributed by atoms with Crippen molar-refractivity contribution in [3.8, 4) is 5.75 Å². The second-order valence-electron chi connectivity index (χ2n) is 5.70. The van der Waals surface area contributed by atoms with Gasteiger partial charge < -0.3 is 10.1 Å². The lowest BCUT2D eigenvalue weighted by molar-refractivity contribution is -0.115. The normalized spacial score (nSPS) is 10.7. The molecular formula is C19H15Cl3N2O2S2. The van der Waals surface area contributed by atoms with Crippen molar-refractivity contribution >= 4 is 69.5 Å². The van der Waals surface area contributed by atoms with Gasteiger partial charge in [-0.25, -0.2) is 4.98 Å². The number of aromatic nitrogens is 1. The minimum absolute atomic E-state index is 0.163. The zero-order valence-corrected chi connectivity index (χ0v) is 18.6. The summed E-state index contributed by atoms with van der Waals surface area (Å²) in [5, 5.41) is 6.38. The molecule has 0 radical (unpaired) electrons. The molecule has 28 heavy (non-hydrogen) atoms. The number of hydrogen-bond donors (Lipinski definition) is 1. The molecule has 4 nitrogen and oxygen atoms in total. The molecule has 3 rings (SSSR count). The number of carbonyl (C=O) groups is 1. The van der Waals surface area contributed by atoms with Crippen LogP contribution < -0.4 is 10.1 Å². The number of benzene rings is 2. The first-order valence-electron chi connectivity index (χ1n) is 8.09. The smallest absolute Gasteiger partial charge is 0.230 e. The summed E-state index contributed by atoms with van der Waals surface area (Å²) in [7, 11) is 1.54. The van der Waals surface area contributed by atoms with Crippen LogP contribution in [-0.2, 0) is 17.0 Å². The average molecular weight is 474 g/mol. The predicted octanol–water partition coefficient (Wildman–Crippen LogP) is 6.59. The first-order chi connectivity index (χ1) is 13.4. The lowest BCUT2D eigenvalue weighted by Crippen LogP contribution is -2.14. The van der Waals surface area contributed by atoms with Gasteiger partial charge in [-0.05, 0) is 35.9 Å². The number of carbonyl (C=O) groups excluding carboxylic acids is 1. The SMILES string of the molecule is COc1ccc(NC(=O)Cc2csc(SCc3ccc(Cl)cc3Cl)n2)cc1Cl. The van der Waals surface area contributed by atoms with Gasteiger partial charge in [-0.1, -0.05) is 52.6 Å². The third-order valence-electron chi connectivity index (χ3n) is 3.67. The number of ether oxygens (including phenoxy) is 1. The molecule has 2 aromatic carbocycles. The van der Waals surface area contributed by atoms with Crippen LogP contribution in [0.2, 0.25) is 15.1 Å². The van der Waals surface area contributed by atoms with Gasteiger partial charge in [0.1, 0.15) is 10.1 Å². The lowest BCUT2D eigenvalue weighted by atomic mass is 10.2. The van der Waals surface area contributed by atoms with Crippen LogP contribution in [0.15, 0.2) is 46.1 Å². The highest BCUT2D eigenvalue weighted by molar-refractivity contribution is 8.00. The van der Waals surface area contributed by atoms with Crippen LogP contribution in [0.5, 0.6) is 5.75 Å². The van der Waals surface area contributed by atoms with Crippen LogP contribution in [0, 0.1) is 0 Å². The monoisotopic (exact) mass is 472 g/mol. The highest BCUT2D eigenvalue weighted by Crippen LogP contribution is 2.31. The third-order valence-corrected chi connectivity index (χ3v) is 6.68. The van der Waals surface area contributed by atoms with Gasteiger partial charge in [0.25, 0.3) is 0 Å². The second kappa shape index (κ2) is 9.85. The van der Waals surface area contributed by atoms with E-state index in [1.165, 1.54) is 18.4 Å². The van der Waals surface area contributed by atoms with Crippen LogP contribution >= 0.6 is 57.9 Å². The Morgan fingerprint density at radius 1 is 1.18 bits per heavy atom. The fourth-order valence-electron chi connectivity index (χ4n) is 2.33. The Morgan fingerprint density at radius 3 is 2.71 bits per heavy atom. The summed E-state index contributed by atoms with van der Waals surface area (Å²) in [5.41, 5.74) is 2.31. The number of rotatable bonds is 7. The molecular weight excluding hydrogens is 459 g/mol. The van der Waals surface area contributed by atoms with Gasteiger partial charge >= 0.3 is 0 Å².